The van der Waals surface area contributed by atoms with Crippen molar-refractivity contribution in [2.75, 3.05) is 13.7 Å². The molecule has 24 heavy (non-hydrogen) atoms. The first-order valence-corrected chi connectivity index (χ1v) is 7.79. The minimum atomic E-state index is -1.33. The van der Waals surface area contributed by atoms with Crippen molar-refractivity contribution in [2.24, 2.45) is 0 Å². The second-order valence-corrected chi connectivity index (χ2v) is 6.19. The van der Waals surface area contributed by atoms with Crippen molar-refractivity contribution in [1.29, 1.82) is 5.26 Å². The number of nitrogens with zero attached hydrogens (tertiary/aromatic N) is 2. The van der Waals surface area contributed by atoms with Gasteiger partial charge in [-0.1, -0.05) is 23.2 Å². The molecule has 1 aromatic heterocycles. The highest BCUT2D eigenvalue weighted by Gasteiger charge is 2.45. The molecule has 0 aliphatic carbocycles. The summed E-state index contributed by atoms with van der Waals surface area (Å²) in [5.41, 5.74) is 0.649. The van der Waals surface area contributed by atoms with Crippen molar-refractivity contribution in [3.8, 4) is 11.9 Å². The summed E-state index contributed by atoms with van der Waals surface area (Å²) in [7, 11) is 1.37. The normalized spacial score (nSPS) is 26.7. The van der Waals surface area contributed by atoms with E-state index in [0.29, 0.717) is 10.9 Å². The van der Waals surface area contributed by atoms with Gasteiger partial charge in [-0.05, 0) is 12.1 Å². The number of aliphatic hydroxyl groups is 3. The highest BCUT2D eigenvalue weighted by molar-refractivity contribution is 6.42. The number of hydrogen-bond donors (Lipinski definition) is 3. The van der Waals surface area contributed by atoms with Gasteiger partial charge in [-0.3, -0.25) is 4.57 Å². The lowest BCUT2D eigenvalue weighted by molar-refractivity contribution is -0.0530. The first-order chi connectivity index (χ1) is 11.4. The molecule has 3 N–H and O–H groups in total. The number of aromatic nitrogens is 1. The molecule has 7 nitrogen and oxygen atoms in total. The monoisotopic (exact) mass is 372 g/mol. The molecule has 0 bridgehead atoms. The fraction of sp³-hybridized carbons (Fsp3) is 0.400. The summed E-state index contributed by atoms with van der Waals surface area (Å²) in [5, 5.41) is 40.0. The molecule has 1 fully saturated rings. The minimum absolute atomic E-state index is 0.140. The number of hydrogen-bond acceptors (Lipinski definition) is 6. The van der Waals surface area contributed by atoms with Crippen LogP contribution in [0, 0.1) is 11.3 Å². The van der Waals surface area contributed by atoms with Crippen molar-refractivity contribution in [1.82, 2.24) is 4.57 Å². The van der Waals surface area contributed by atoms with Crippen LogP contribution in [-0.2, 0) is 4.74 Å². The molecule has 1 aliphatic heterocycles. The van der Waals surface area contributed by atoms with Crippen LogP contribution in [0.5, 0.6) is 5.88 Å². The van der Waals surface area contributed by atoms with Crippen LogP contribution in [0.4, 0.5) is 0 Å². The zero-order chi connectivity index (χ0) is 17.6. The van der Waals surface area contributed by atoms with Crippen molar-refractivity contribution in [2.45, 2.75) is 24.5 Å². The van der Waals surface area contributed by atoms with Gasteiger partial charge in [0.15, 0.2) is 6.23 Å². The lowest BCUT2D eigenvalue weighted by Crippen LogP contribution is -2.33. The van der Waals surface area contributed by atoms with Crippen molar-refractivity contribution >= 4 is 34.1 Å². The van der Waals surface area contributed by atoms with Crippen LogP contribution >= 0.6 is 23.2 Å². The Morgan fingerprint density at radius 2 is 1.96 bits per heavy atom. The zero-order valence-electron chi connectivity index (χ0n) is 12.5. The quantitative estimate of drug-likeness (QED) is 0.752. The third kappa shape index (κ3) is 2.43. The molecule has 1 aliphatic rings. The van der Waals surface area contributed by atoms with Gasteiger partial charge in [0.25, 0.3) is 0 Å². The second kappa shape index (κ2) is 6.41. The maximum Gasteiger partial charge on any atom is 0.214 e. The first-order valence-electron chi connectivity index (χ1n) is 7.04. The van der Waals surface area contributed by atoms with E-state index in [1.165, 1.54) is 23.8 Å². The van der Waals surface area contributed by atoms with Gasteiger partial charge in [-0.15, -0.1) is 0 Å². The standard InChI is InChI=1S/C15H14Cl2N2O5/c1-23-14-7(4-18)6-2-8(16)9(17)3-10(6)19(14)15-13(22)12(21)11(5-20)24-15/h2-3,11-13,15,20-22H,5H2,1H3/t11-,12?,13?,15-/m1/s1. The number of benzene rings is 1. The Morgan fingerprint density at radius 3 is 2.50 bits per heavy atom. The van der Waals surface area contributed by atoms with Crippen molar-refractivity contribution < 1.29 is 24.8 Å². The van der Waals surface area contributed by atoms with Gasteiger partial charge in [0.05, 0.1) is 29.3 Å². The average molecular weight is 373 g/mol. The Kier molecular flexibility index (Phi) is 4.62. The third-order valence-corrected chi connectivity index (χ3v) is 4.80. The van der Waals surface area contributed by atoms with Gasteiger partial charge in [-0.25, -0.2) is 0 Å². The van der Waals surface area contributed by atoms with E-state index in [1.807, 2.05) is 6.07 Å². The van der Waals surface area contributed by atoms with E-state index in [1.54, 1.807) is 0 Å². The number of halogens is 2. The number of rotatable bonds is 3. The van der Waals surface area contributed by atoms with E-state index in [9.17, 15) is 20.6 Å². The molecule has 2 aromatic rings. The second-order valence-electron chi connectivity index (χ2n) is 5.38. The van der Waals surface area contributed by atoms with Crippen LogP contribution in [0.1, 0.15) is 11.8 Å². The van der Waals surface area contributed by atoms with Crippen LogP contribution in [-0.4, -0.2) is 51.9 Å². The maximum atomic E-state index is 10.3. The van der Waals surface area contributed by atoms with Gasteiger partial charge >= 0.3 is 0 Å². The summed E-state index contributed by atoms with van der Waals surface area (Å²) < 4.78 is 12.3. The van der Waals surface area contributed by atoms with Crippen LogP contribution in [0.3, 0.4) is 0 Å². The lowest BCUT2D eigenvalue weighted by atomic mass is 10.1. The van der Waals surface area contributed by atoms with E-state index in [-0.39, 0.29) is 21.5 Å². The molecule has 128 valence electrons. The SMILES string of the molecule is COc1c(C#N)c2cc(Cl)c(Cl)cc2n1[C@@H]1O[C@H](CO)C(O)C1O. The summed E-state index contributed by atoms with van der Waals surface area (Å²) in [6.45, 7) is -0.464. The predicted molar refractivity (Wildman–Crippen MR) is 86.2 cm³/mol. The first kappa shape index (κ1) is 17.3. The molecule has 0 spiro atoms. The van der Waals surface area contributed by atoms with Gasteiger partial charge in [-0.2, -0.15) is 5.26 Å². The largest absolute Gasteiger partial charge is 0.481 e. The Balaban J connectivity index is 2.28. The molecular formula is C15H14Cl2N2O5. The minimum Gasteiger partial charge on any atom is -0.481 e. The molecule has 0 saturated carbocycles. The van der Waals surface area contributed by atoms with E-state index in [2.05, 4.69) is 0 Å². The Bertz CT molecular complexity index is 832. The fourth-order valence-electron chi connectivity index (χ4n) is 2.94. The number of fused-ring (bicyclic) bond motifs is 1. The summed E-state index contributed by atoms with van der Waals surface area (Å²) in [6.07, 6.45) is -4.63. The molecule has 0 radical (unpaired) electrons. The topological polar surface area (TPSA) is 108 Å². The van der Waals surface area contributed by atoms with Crippen LogP contribution in [0.2, 0.25) is 10.0 Å². The molecule has 0 amide bonds. The van der Waals surface area contributed by atoms with Crippen LogP contribution in [0.25, 0.3) is 10.9 Å². The van der Waals surface area contributed by atoms with E-state index in [0.717, 1.165) is 0 Å². The smallest absolute Gasteiger partial charge is 0.214 e. The summed E-state index contributed by atoms with van der Waals surface area (Å²) in [6, 6.07) is 5.09. The van der Waals surface area contributed by atoms with Crippen molar-refractivity contribution in [3.05, 3.63) is 27.7 Å². The number of nitriles is 1. The molecular weight excluding hydrogens is 359 g/mol. The van der Waals surface area contributed by atoms with Gasteiger partial charge in [0, 0.05) is 5.39 Å². The molecule has 9 heteroatoms. The molecule has 4 atom stereocenters. The van der Waals surface area contributed by atoms with Gasteiger partial charge < -0.3 is 24.8 Å². The van der Waals surface area contributed by atoms with E-state index in [4.69, 9.17) is 32.7 Å². The Hall–Kier alpha value is -1.53. The highest BCUT2D eigenvalue weighted by atomic mass is 35.5. The van der Waals surface area contributed by atoms with E-state index < -0.39 is 31.1 Å². The van der Waals surface area contributed by atoms with Crippen molar-refractivity contribution in [3.63, 3.8) is 0 Å². The fourth-order valence-corrected chi connectivity index (χ4v) is 3.26. The Morgan fingerprint density at radius 1 is 1.29 bits per heavy atom. The number of ether oxygens (including phenoxy) is 2. The van der Waals surface area contributed by atoms with Gasteiger partial charge in [0.2, 0.25) is 5.88 Å². The predicted octanol–water partition coefficient (Wildman–Crippen LogP) is 1.44. The zero-order valence-corrected chi connectivity index (χ0v) is 14.0. The van der Waals surface area contributed by atoms with Crippen LogP contribution < -0.4 is 4.74 Å². The maximum absolute atomic E-state index is 10.3. The Labute approximate surface area is 147 Å². The molecule has 3 rings (SSSR count). The van der Waals surface area contributed by atoms with E-state index >= 15 is 0 Å². The summed E-state index contributed by atoms with van der Waals surface area (Å²) in [5.74, 6) is 0.140. The lowest BCUT2D eigenvalue weighted by Gasteiger charge is -2.20. The highest BCUT2D eigenvalue weighted by Crippen LogP contribution is 2.42. The molecule has 1 saturated heterocycles. The number of aliphatic hydroxyl groups excluding tert-OH is 3. The molecule has 2 heterocycles. The third-order valence-electron chi connectivity index (χ3n) is 4.08. The van der Waals surface area contributed by atoms with Gasteiger partial charge in [0.1, 0.15) is 29.9 Å². The summed E-state index contributed by atoms with van der Waals surface area (Å²) >= 11 is 12.1. The molecule has 1 aromatic carbocycles. The summed E-state index contributed by atoms with van der Waals surface area (Å²) in [4.78, 5) is 0. The average Bonchev–Trinajstić information content (AvgIpc) is 3.02. The van der Waals surface area contributed by atoms with Crippen LogP contribution in [0.15, 0.2) is 12.1 Å². The molecule has 2 unspecified atom stereocenters. The number of methoxy groups -OCH3 is 1.